The van der Waals surface area contributed by atoms with Gasteiger partial charge in [0.15, 0.2) is 0 Å². The lowest BCUT2D eigenvalue weighted by Gasteiger charge is -2.09. The molecule has 2 N–H and O–H groups in total. The van der Waals surface area contributed by atoms with E-state index in [2.05, 4.69) is 22.4 Å². The van der Waals surface area contributed by atoms with E-state index in [-0.39, 0.29) is 12.2 Å². The standard InChI is InChI=1S/C21H19F3N4O/c1-2-10-28-14-15(18-8-3-4-9-19(18)28)12-26-27-20(29)13-25-17-7-5-6-16(11-17)21(22,23)24/h2-9,11-12,14,25H,1,10,13H2,(H,27,29)/b26-12-. The maximum atomic E-state index is 12.7. The van der Waals surface area contributed by atoms with Crippen LogP contribution in [0.15, 0.2) is 72.5 Å². The Morgan fingerprint density at radius 2 is 1.97 bits per heavy atom. The highest BCUT2D eigenvalue weighted by Gasteiger charge is 2.30. The highest BCUT2D eigenvalue weighted by Crippen LogP contribution is 2.30. The van der Waals surface area contributed by atoms with Gasteiger partial charge in [-0.2, -0.15) is 18.3 Å². The maximum absolute atomic E-state index is 12.7. The summed E-state index contributed by atoms with van der Waals surface area (Å²) in [6.07, 6.45) is 0.788. The monoisotopic (exact) mass is 400 g/mol. The number of hydrogen-bond acceptors (Lipinski definition) is 3. The van der Waals surface area contributed by atoms with E-state index in [1.54, 1.807) is 6.08 Å². The Hall–Kier alpha value is -3.55. The van der Waals surface area contributed by atoms with Crippen LogP contribution in [0, 0.1) is 0 Å². The molecule has 1 amide bonds. The SMILES string of the molecule is C=CCn1cc(/C=N\NC(=O)CNc2cccc(C(F)(F)F)c2)c2ccccc21. The van der Waals surface area contributed by atoms with Gasteiger partial charge in [-0.3, -0.25) is 4.79 Å². The first-order valence-electron chi connectivity index (χ1n) is 8.80. The zero-order valence-corrected chi connectivity index (χ0v) is 15.4. The van der Waals surface area contributed by atoms with Gasteiger partial charge < -0.3 is 9.88 Å². The number of anilines is 1. The minimum atomic E-state index is -4.44. The highest BCUT2D eigenvalue weighted by atomic mass is 19.4. The zero-order valence-electron chi connectivity index (χ0n) is 15.4. The summed E-state index contributed by atoms with van der Waals surface area (Å²) in [6, 6.07) is 12.4. The first-order valence-corrected chi connectivity index (χ1v) is 8.80. The summed E-state index contributed by atoms with van der Waals surface area (Å²) in [5.74, 6) is -0.478. The lowest BCUT2D eigenvalue weighted by molar-refractivity contribution is -0.137. The topological polar surface area (TPSA) is 58.4 Å². The number of carbonyl (C=O) groups is 1. The van der Waals surface area contributed by atoms with Crippen molar-refractivity contribution in [3.8, 4) is 0 Å². The van der Waals surface area contributed by atoms with E-state index in [0.29, 0.717) is 6.54 Å². The molecule has 3 aromatic rings. The Balaban J connectivity index is 1.61. The number of para-hydroxylation sites is 1. The van der Waals surface area contributed by atoms with Crippen molar-refractivity contribution < 1.29 is 18.0 Å². The van der Waals surface area contributed by atoms with Gasteiger partial charge in [0, 0.05) is 34.9 Å². The quantitative estimate of drug-likeness (QED) is 0.351. The molecule has 0 atom stereocenters. The number of carbonyl (C=O) groups excluding carboxylic acids is 1. The van der Waals surface area contributed by atoms with E-state index < -0.39 is 17.6 Å². The van der Waals surface area contributed by atoms with Crippen LogP contribution in [0.1, 0.15) is 11.1 Å². The van der Waals surface area contributed by atoms with Crippen molar-refractivity contribution >= 4 is 28.7 Å². The first kappa shape index (κ1) is 20.2. The van der Waals surface area contributed by atoms with E-state index in [1.807, 2.05) is 35.0 Å². The number of hydrogen-bond donors (Lipinski definition) is 2. The van der Waals surface area contributed by atoms with E-state index in [1.165, 1.54) is 18.3 Å². The third-order valence-electron chi connectivity index (χ3n) is 4.18. The number of hydrazone groups is 1. The number of allylic oxidation sites excluding steroid dienone is 1. The number of benzene rings is 2. The van der Waals surface area contributed by atoms with Crippen molar-refractivity contribution in [1.29, 1.82) is 0 Å². The molecule has 0 aliphatic rings. The molecule has 0 aliphatic carbocycles. The van der Waals surface area contributed by atoms with Crippen molar-refractivity contribution in [2.45, 2.75) is 12.7 Å². The number of aromatic nitrogens is 1. The molecule has 0 saturated carbocycles. The van der Waals surface area contributed by atoms with Crippen molar-refractivity contribution in [3.05, 3.63) is 78.5 Å². The van der Waals surface area contributed by atoms with E-state index in [0.717, 1.165) is 28.6 Å². The van der Waals surface area contributed by atoms with Crippen LogP contribution in [0.3, 0.4) is 0 Å². The Morgan fingerprint density at radius 1 is 1.17 bits per heavy atom. The molecule has 8 heteroatoms. The van der Waals surface area contributed by atoms with Gasteiger partial charge >= 0.3 is 6.18 Å². The number of nitrogens with one attached hydrogen (secondary N) is 2. The molecule has 1 aromatic heterocycles. The number of halogens is 3. The Bertz CT molecular complexity index is 1050. The molecular weight excluding hydrogens is 381 g/mol. The second-order valence-corrected chi connectivity index (χ2v) is 6.27. The summed E-state index contributed by atoms with van der Waals surface area (Å²) < 4.78 is 40.2. The minimum absolute atomic E-state index is 0.200. The van der Waals surface area contributed by atoms with Crippen LogP contribution >= 0.6 is 0 Å². The highest BCUT2D eigenvalue weighted by molar-refractivity contribution is 5.99. The summed E-state index contributed by atoms with van der Waals surface area (Å²) in [5, 5.41) is 7.59. The fourth-order valence-electron chi connectivity index (χ4n) is 2.87. The van der Waals surface area contributed by atoms with E-state index in [4.69, 9.17) is 0 Å². The second kappa shape index (κ2) is 8.64. The predicted molar refractivity (Wildman–Crippen MR) is 108 cm³/mol. The summed E-state index contributed by atoms with van der Waals surface area (Å²) in [5.41, 5.74) is 3.64. The second-order valence-electron chi connectivity index (χ2n) is 6.27. The summed E-state index contributed by atoms with van der Waals surface area (Å²) >= 11 is 0. The van der Waals surface area contributed by atoms with Gasteiger partial charge in [-0.05, 0) is 24.3 Å². The van der Waals surface area contributed by atoms with Crippen LogP contribution in [-0.4, -0.2) is 23.2 Å². The third-order valence-corrected chi connectivity index (χ3v) is 4.18. The average molecular weight is 400 g/mol. The van der Waals surface area contributed by atoms with Gasteiger partial charge in [0.1, 0.15) is 0 Å². The van der Waals surface area contributed by atoms with Crippen molar-refractivity contribution in [2.24, 2.45) is 5.10 Å². The predicted octanol–water partition coefficient (Wildman–Crippen LogP) is 4.41. The molecule has 0 unspecified atom stereocenters. The average Bonchev–Trinajstić information content (AvgIpc) is 3.04. The number of fused-ring (bicyclic) bond motifs is 1. The molecule has 150 valence electrons. The number of nitrogens with zero attached hydrogens (tertiary/aromatic N) is 2. The van der Waals surface area contributed by atoms with Crippen LogP contribution in [-0.2, 0) is 17.5 Å². The molecule has 29 heavy (non-hydrogen) atoms. The summed E-state index contributed by atoms with van der Waals surface area (Å²) in [6.45, 7) is 4.17. The van der Waals surface area contributed by atoms with E-state index in [9.17, 15) is 18.0 Å². The first-order chi connectivity index (χ1) is 13.9. The molecule has 1 heterocycles. The van der Waals surface area contributed by atoms with Gasteiger partial charge in [-0.25, -0.2) is 5.43 Å². The Morgan fingerprint density at radius 3 is 2.72 bits per heavy atom. The smallest absolute Gasteiger partial charge is 0.376 e. The number of rotatable bonds is 7. The molecule has 0 bridgehead atoms. The summed E-state index contributed by atoms with van der Waals surface area (Å²) in [7, 11) is 0. The van der Waals surface area contributed by atoms with Crippen molar-refractivity contribution in [1.82, 2.24) is 9.99 Å². The normalized spacial score (nSPS) is 11.7. The third kappa shape index (κ3) is 5.04. The molecule has 0 fully saturated rings. The van der Waals surface area contributed by atoms with Gasteiger partial charge in [-0.1, -0.05) is 30.3 Å². The van der Waals surface area contributed by atoms with E-state index >= 15 is 0 Å². The molecule has 5 nitrogen and oxygen atoms in total. The molecule has 0 aliphatic heterocycles. The maximum Gasteiger partial charge on any atom is 0.416 e. The van der Waals surface area contributed by atoms with Gasteiger partial charge in [-0.15, -0.1) is 6.58 Å². The zero-order chi connectivity index (χ0) is 20.9. The van der Waals surface area contributed by atoms with Crippen LogP contribution in [0.5, 0.6) is 0 Å². The molecule has 3 rings (SSSR count). The minimum Gasteiger partial charge on any atom is -0.376 e. The van der Waals surface area contributed by atoms with Gasteiger partial charge in [0.25, 0.3) is 5.91 Å². The molecule has 0 spiro atoms. The van der Waals surface area contributed by atoms with Crippen LogP contribution in [0.4, 0.5) is 18.9 Å². The van der Waals surface area contributed by atoms with Gasteiger partial charge in [0.2, 0.25) is 0 Å². The fraction of sp³-hybridized carbons (Fsp3) is 0.143. The Labute approximate surface area is 165 Å². The molecule has 0 saturated heterocycles. The van der Waals surface area contributed by atoms with Crippen LogP contribution in [0.2, 0.25) is 0 Å². The Kier molecular flexibility index (Phi) is 6.01. The molecular formula is C21H19F3N4O. The van der Waals surface area contributed by atoms with Crippen LogP contribution in [0.25, 0.3) is 10.9 Å². The number of alkyl halides is 3. The summed E-state index contributed by atoms with van der Waals surface area (Å²) in [4.78, 5) is 11.9. The van der Waals surface area contributed by atoms with Crippen molar-refractivity contribution in [3.63, 3.8) is 0 Å². The van der Waals surface area contributed by atoms with Gasteiger partial charge in [0.05, 0.1) is 18.3 Å². The molecule has 0 radical (unpaired) electrons. The largest absolute Gasteiger partial charge is 0.416 e. The lowest BCUT2D eigenvalue weighted by Crippen LogP contribution is -2.26. The van der Waals surface area contributed by atoms with Crippen LogP contribution < -0.4 is 10.7 Å². The molecule has 2 aromatic carbocycles. The van der Waals surface area contributed by atoms with Crippen molar-refractivity contribution in [2.75, 3.05) is 11.9 Å². The lowest BCUT2D eigenvalue weighted by atomic mass is 10.2. The number of amides is 1. The fourth-order valence-corrected chi connectivity index (χ4v) is 2.87.